The number of allylic oxidation sites excluding steroid dienone is 1. The van der Waals surface area contributed by atoms with E-state index in [-0.39, 0.29) is 5.78 Å². The monoisotopic (exact) mass is 282 g/mol. The van der Waals surface area contributed by atoms with Crippen LogP contribution in [0.1, 0.15) is 22.8 Å². The molecule has 3 nitrogen and oxygen atoms in total. The highest BCUT2D eigenvalue weighted by atomic mass is 16.5. The van der Waals surface area contributed by atoms with Crippen LogP contribution in [-0.2, 0) is 0 Å². The van der Waals surface area contributed by atoms with Gasteiger partial charge in [0.25, 0.3) is 0 Å². The quantitative estimate of drug-likeness (QED) is 0.614. The zero-order valence-corrected chi connectivity index (χ0v) is 12.4. The number of hydrogen-bond acceptors (Lipinski definition) is 3. The fourth-order valence-electron chi connectivity index (χ4n) is 2.05. The van der Waals surface area contributed by atoms with E-state index in [1.165, 1.54) is 0 Å². The van der Waals surface area contributed by atoms with Gasteiger partial charge in [0.2, 0.25) is 0 Å². The summed E-state index contributed by atoms with van der Waals surface area (Å²) in [7, 11) is 3.20. The molecule has 2 rings (SSSR count). The Balaban J connectivity index is 2.32. The van der Waals surface area contributed by atoms with Crippen LogP contribution in [0.4, 0.5) is 0 Å². The number of ketones is 1. The highest BCUT2D eigenvalue weighted by Crippen LogP contribution is 2.24. The summed E-state index contributed by atoms with van der Waals surface area (Å²) in [4.78, 5) is 12.3. The van der Waals surface area contributed by atoms with Crippen LogP contribution in [-0.4, -0.2) is 20.0 Å². The summed E-state index contributed by atoms with van der Waals surface area (Å²) in [6.45, 7) is 1.81. The summed E-state index contributed by atoms with van der Waals surface area (Å²) < 4.78 is 10.5. The number of methoxy groups -OCH3 is 2. The predicted octanol–water partition coefficient (Wildman–Crippen LogP) is 3.99. The molecular formula is C18H18O3. The highest BCUT2D eigenvalue weighted by molar-refractivity contribution is 6.10. The Bertz CT molecular complexity index is 635. The topological polar surface area (TPSA) is 35.5 Å². The van der Waals surface area contributed by atoms with Gasteiger partial charge in [-0.15, -0.1) is 0 Å². The summed E-state index contributed by atoms with van der Waals surface area (Å²) in [5, 5.41) is 0. The molecule has 0 unspecified atom stereocenters. The van der Waals surface area contributed by atoms with Crippen LogP contribution >= 0.6 is 0 Å². The van der Waals surface area contributed by atoms with Crippen molar-refractivity contribution in [1.82, 2.24) is 0 Å². The fraction of sp³-hybridized carbons (Fsp3) is 0.167. The number of hydrogen-bond donors (Lipinski definition) is 0. The van der Waals surface area contributed by atoms with E-state index in [1.54, 1.807) is 27.2 Å². The second-order valence-electron chi connectivity index (χ2n) is 4.67. The molecule has 21 heavy (non-hydrogen) atoms. The zero-order valence-electron chi connectivity index (χ0n) is 12.4. The van der Waals surface area contributed by atoms with E-state index < -0.39 is 0 Å². The summed E-state index contributed by atoms with van der Waals surface area (Å²) in [5.74, 6) is 1.40. The first-order valence-electron chi connectivity index (χ1n) is 6.65. The van der Waals surface area contributed by atoms with Crippen LogP contribution in [0.5, 0.6) is 11.5 Å². The molecule has 108 valence electrons. The minimum absolute atomic E-state index is 0.0115. The Labute approximate surface area is 124 Å². The van der Waals surface area contributed by atoms with E-state index in [2.05, 4.69) is 0 Å². The molecule has 3 heteroatoms. The lowest BCUT2D eigenvalue weighted by atomic mass is 10.0. The van der Waals surface area contributed by atoms with Crippen molar-refractivity contribution in [2.24, 2.45) is 0 Å². The standard InChI is InChI=1S/C18H18O3/c1-13(18(19)15-7-5-4-6-8-15)9-14-10-16(20-2)12-17(11-14)21-3/h4-12H,1-3H3/b13-9+. The molecule has 0 aliphatic rings. The maximum atomic E-state index is 12.3. The number of benzene rings is 2. The third-order valence-corrected chi connectivity index (χ3v) is 3.15. The van der Waals surface area contributed by atoms with Gasteiger partial charge < -0.3 is 9.47 Å². The smallest absolute Gasteiger partial charge is 0.188 e. The second-order valence-corrected chi connectivity index (χ2v) is 4.67. The van der Waals surface area contributed by atoms with Gasteiger partial charge in [0, 0.05) is 11.6 Å². The van der Waals surface area contributed by atoms with Crippen molar-refractivity contribution in [3.63, 3.8) is 0 Å². The van der Waals surface area contributed by atoms with Crippen molar-refractivity contribution in [1.29, 1.82) is 0 Å². The predicted molar refractivity (Wildman–Crippen MR) is 84.0 cm³/mol. The van der Waals surface area contributed by atoms with Crippen molar-refractivity contribution < 1.29 is 14.3 Å². The van der Waals surface area contributed by atoms with Gasteiger partial charge in [-0.05, 0) is 36.3 Å². The van der Waals surface area contributed by atoms with Gasteiger partial charge in [-0.3, -0.25) is 4.79 Å². The molecule has 0 heterocycles. The molecule has 0 N–H and O–H groups in total. The van der Waals surface area contributed by atoms with Crippen LogP contribution in [0, 0.1) is 0 Å². The molecule has 0 bridgehead atoms. The van der Waals surface area contributed by atoms with Crippen molar-refractivity contribution in [3.8, 4) is 11.5 Å². The van der Waals surface area contributed by atoms with Gasteiger partial charge in [-0.2, -0.15) is 0 Å². The van der Waals surface area contributed by atoms with Crippen LogP contribution < -0.4 is 9.47 Å². The summed E-state index contributed by atoms with van der Waals surface area (Å²) in [6.07, 6.45) is 1.83. The first kappa shape index (κ1) is 14.9. The van der Waals surface area contributed by atoms with Gasteiger partial charge in [0.15, 0.2) is 5.78 Å². The zero-order chi connectivity index (χ0) is 15.2. The molecule has 0 atom stereocenters. The molecule has 0 aromatic heterocycles. The lowest BCUT2D eigenvalue weighted by Gasteiger charge is -2.07. The van der Waals surface area contributed by atoms with E-state index in [0.29, 0.717) is 22.6 Å². The Kier molecular flexibility index (Phi) is 4.77. The normalized spacial score (nSPS) is 11.1. The van der Waals surface area contributed by atoms with Crippen LogP contribution in [0.25, 0.3) is 6.08 Å². The lowest BCUT2D eigenvalue weighted by molar-refractivity contribution is 0.103. The highest BCUT2D eigenvalue weighted by Gasteiger charge is 2.08. The summed E-state index contributed by atoms with van der Waals surface area (Å²) in [5.41, 5.74) is 2.21. The maximum Gasteiger partial charge on any atom is 0.188 e. The summed E-state index contributed by atoms with van der Waals surface area (Å²) >= 11 is 0. The van der Waals surface area contributed by atoms with Crippen LogP contribution in [0.2, 0.25) is 0 Å². The van der Waals surface area contributed by atoms with E-state index in [1.807, 2.05) is 48.5 Å². The molecule has 0 aliphatic carbocycles. The maximum absolute atomic E-state index is 12.3. The molecule has 2 aromatic carbocycles. The van der Waals surface area contributed by atoms with Gasteiger partial charge in [-0.25, -0.2) is 0 Å². The van der Waals surface area contributed by atoms with Gasteiger partial charge in [-0.1, -0.05) is 30.3 Å². The van der Waals surface area contributed by atoms with E-state index in [4.69, 9.17) is 9.47 Å². The molecular weight excluding hydrogens is 264 g/mol. The molecule has 0 spiro atoms. The molecule has 0 radical (unpaired) electrons. The van der Waals surface area contributed by atoms with Crippen LogP contribution in [0.15, 0.2) is 54.1 Å². The largest absolute Gasteiger partial charge is 0.497 e. The Morgan fingerprint density at radius 1 is 0.952 bits per heavy atom. The third-order valence-electron chi connectivity index (χ3n) is 3.15. The molecule has 0 saturated heterocycles. The van der Waals surface area contributed by atoms with Gasteiger partial charge in [0.05, 0.1) is 14.2 Å². The minimum Gasteiger partial charge on any atom is -0.497 e. The average Bonchev–Trinajstić information content (AvgIpc) is 2.54. The number of Topliss-reactive ketones (excluding diaryl/α,β-unsaturated/α-hetero) is 1. The molecule has 0 saturated carbocycles. The first-order valence-corrected chi connectivity index (χ1v) is 6.65. The molecule has 0 aliphatic heterocycles. The Morgan fingerprint density at radius 2 is 1.52 bits per heavy atom. The third kappa shape index (κ3) is 3.72. The van der Waals surface area contributed by atoms with E-state index in [0.717, 1.165) is 5.56 Å². The Hall–Kier alpha value is -2.55. The van der Waals surface area contributed by atoms with Crippen molar-refractivity contribution >= 4 is 11.9 Å². The van der Waals surface area contributed by atoms with Crippen molar-refractivity contribution in [2.75, 3.05) is 14.2 Å². The number of carbonyl (C=O) groups is 1. The van der Waals surface area contributed by atoms with Crippen LogP contribution in [0.3, 0.4) is 0 Å². The minimum atomic E-state index is 0.0115. The fourth-order valence-corrected chi connectivity index (χ4v) is 2.05. The Morgan fingerprint density at radius 3 is 2.05 bits per heavy atom. The second kappa shape index (κ2) is 6.75. The average molecular weight is 282 g/mol. The van der Waals surface area contributed by atoms with E-state index in [9.17, 15) is 4.79 Å². The molecule has 2 aromatic rings. The molecule has 0 fully saturated rings. The molecule has 0 amide bonds. The van der Waals surface area contributed by atoms with E-state index >= 15 is 0 Å². The number of carbonyl (C=O) groups excluding carboxylic acids is 1. The summed E-state index contributed by atoms with van der Waals surface area (Å²) in [6, 6.07) is 14.8. The van der Waals surface area contributed by atoms with Gasteiger partial charge >= 0.3 is 0 Å². The number of rotatable bonds is 5. The SMILES string of the molecule is COc1cc(/C=C(\C)C(=O)c2ccccc2)cc(OC)c1. The first-order chi connectivity index (χ1) is 10.1. The van der Waals surface area contributed by atoms with Crippen molar-refractivity contribution in [2.45, 2.75) is 6.92 Å². The lowest BCUT2D eigenvalue weighted by Crippen LogP contribution is -2.00. The van der Waals surface area contributed by atoms with Gasteiger partial charge in [0.1, 0.15) is 11.5 Å². The number of ether oxygens (including phenoxy) is 2. The van der Waals surface area contributed by atoms with Crippen molar-refractivity contribution in [3.05, 3.63) is 65.2 Å².